The summed E-state index contributed by atoms with van der Waals surface area (Å²) in [5.74, 6) is -1.09. The van der Waals surface area contributed by atoms with Gasteiger partial charge >= 0.3 is 5.97 Å². The molecular formula is C18H13NO3. The van der Waals surface area contributed by atoms with Crippen molar-refractivity contribution in [3.8, 4) is 0 Å². The van der Waals surface area contributed by atoms with Crippen molar-refractivity contribution in [1.29, 1.82) is 0 Å². The zero-order valence-electron chi connectivity index (χ0n) is 11.6. The highest BCUT2D eigenvalue weighted by Crippen LogP contribution is 2.18. The van der Waals surface area contributed by atoms with Crippen molar-refractivity contribution in [1.82, 2.24) is 4.98 Å². The van der Waals surface area contributed by atoms with Gasteiger partial charge in [-0.2, -0.15) is 0 Å². The van der Waals surface area contributed by atoms with Gasteiger partial charge in [0, 0.05) is 22.5 Å². The van der Waals surface area contributed by atoms with E-state index in [1.807, 2.05) is 30.3 Å². The summed E-state index contributed by atoms with van der Waals surface area (Å²) < 4.78 is 0. The van der Waals surface area contributed by atoms with Crippen LogP contribution >= 0.6 is 0 Å². The Hall–Kier alpha value is -3.14. The van der Waals surface area contributed by atoms with Gasteiger partial charge < -0.3 is 10.1 Å². The minimum atomic E-state index is -1.00. The molecule has 0 spiro atoms. The van der Waals surface area contributed by atoms with Crippen LogP contribution in [0, 0.1) is 0 Å². The third-order valence-electron chi connectivity index (χ3n) is 3.37. The van der Waals surface area contributed by atoms with Gasteiger partial charge in [0.25, 0.3) is 0 Å². The number of aromatic amines is 1. The van der Waals surface area contributed by atoms with Crippen molar-refractivity contribution in [2.24, 2.45) is 0 Å². The fourth-order valence-corrected chi connectivity index (χ4v) is 2.26. The number of carbonyl (C=O) groups is 2. The van der Waals surface area contributed by atoms with Crippen LogP contribution in [-0.2, 0) is 4.79 Å². The lowest BCUT2D eigenvalue weighted by molar-refractivity contribution is -0.131. The lowest BCUT2D eigenvalue weighted by Crippen LogP contribution is -2.01. The summed E-state index contributed by atoms with van der Waals surface area (Å²) in [7, 11) is 0. The number of aliphatic carboxylic acids is 1. The molecule has 3 aromatic rings. The predicted molar refractivity (Wildman–Crippen MR) is 84.8 cm³/mol. The van der Waals surface area contributed by atoms with Crippen molar-refractivity contribution in [2.45, 2.75) is 0 Å². The van der Waals surface area contributed by atoms with Gasteiger partial charge in [0.15, 0.2) is 0 Å². The molecule has 0 saturated heterocycles. The highest BCUT2D eigenvalue weighted by molar-refractivity contribution is 6.10. The Labute approximate surface area is 126 Å². The fourth-order valence-electron chi connectivity index (χ4n) is 2.26. The summed E-state index contributed by atoms with van der Waals surface area (Å²) in [6, 6.07) is 16.4. The molecule has 0 fully saturated rings. The second-order valence-corrected chi connectivity index (χ2v) is 4.89. The second kappa shape index (κ2) is 5.69. The van der Waals surface area contributed by atoms with E-state index in [0.29, 0.717) is 11.3 Å². The number of carboxylic acids is 1. The van der Waals surface area contributed by atoms with Crippen LogP contribution in [-0.4, -0.2) is 21.8 Å². The number of nitrogens with one attached hydrogen (secondary N) is 1. The summed E-state index contributed by atoms with van der Waals surface area (Å²) in [6.45, 7) is 0. The highest BCUT2D eigenvalue weighted by atomic mass is 16.4. The van der Waals surface area contributed by atoms with Crippen LogP contribution in [0.25, 0.3) is 17.0 Å². The predicted octanol–water partition coefficient (Wildman–Crippen LogP) is 3.50. The summed E-state index contributed by atoms with van der Waals surface area (Å²) >= 11 is 0. The van der Waals surface area contributed by atoms with E-state index in [4.69, 9.17) is 5.11 Å². The molecule has 3 rings (SSSR count). The number of rotatable bonds is 4. The number of H-pyrrole nitrogens is 1. The Morgan fingerprint density at radius 3 is 2.41 bits per heavy atom. The number of hydrogen-bond acceptors (Lipinski definition) is 2. The topological polar surface area (TPSA) is 70.2 Å². The molecule has 0 aliphatic carbocycles. The number of carbonyl (C=O) groups excluding carboxylic acids is 1. The third kappa shape index (κ3) is 2.81. The molecule has 22 heavy (non-hydrogen) atoms. The molecule has 0 aliphatic heterocycles. The maximum atomic E-state index is 12.4. The average molecular weight is 291 g/mol. The molecule has 1 aromatic heterocycles. The van der Waals surface area contributed by atoms with Crippen LogP contribution in [0.5, 0.6) is 0 Å². The molecular weight excluding hydrogens is 278 g/mol. The molecule has 0 amide bonds. The van der Waals surface area contributed by atoms with Crippen molar-refractivity contribution >= 4 is 28.7 Å². The maximum Gasteiger partial charge on any atom is 0.328 e. The first-order valence-corrected chi connectivity index (χ1v) is 6.77. The van der Waals surface area contributed by atoms with Gasteiger partial charge in [0.2, 0.25) is 5.78 Å². The summed E-state index contributed by atoms with van der Waals surface area (Å²) in [6.07, 6.45) is 2.55. The van der Waals surface area contributed by atoms with E-state index < -0.39 is 5.97 Å². The molecule has 2 N–H and O–H groups in total. The van der Waals surface area contributed by atoms with E-state index in [2.05, 4.69) is 4.98 Å². The number of benzene rings is 2. The Morgan fingerprint density at radius 1 is 1.00 bits per heavy atom. The lowest BCUT2D eigenvalue weighted by Gasteiger charge is -1.99. The zero-order chi connectivity index (χ0) is 15.5. The van der Waals surface area contributed by atoms with E-state index in [0.717, 1.165) is 22.5 Å². The molecule has 1 heterocycles. The van der Waals surface area contributed by atoms with Gasteiger partial charge in [-0.3, -0.25) is 4.79 Å². The maximum absolute atomic E-state index is 12.4. The quantitative estimate of drug-likeness (QED) is 0.571. The number of aromatic nitrogens is 1. The second-order valence-electron chi connectivity index (χ2n) is 4.89. The van der Waals surface area contributed by atoms with Gasteiger partial charge in [-0.15, -0.1) is 0 Å². The van der Waals surface area contributed by atoms with Crippen LogP contribution in [0.3, 0.4) is 0 Å². The molecule has 2 aromatic carbocycles. The minimum Gasteiger partial charge on any atom is -0.478 e. The Kier molecular flexibility index (Phi) is 3.58. The summed E-state index contributed by atoms with van der Waals surface area (Å²) in [5.41, 5.74) is 2.75. The molecule has 0 radical (unpaired) electrons. The standard InChI is InChI=1S/C18H13NO3/c20-17(21)10-7-12-5-8-13(9-6-12)18(22)16-11-14-3-1-2-4-15(14)19-16/h1-11,19H,(H,20,21)/b10-7+. The van der Waals surface area contributed by atoms with Crippen LogP contribution < -0.4 is 0 Å². The smallest absolute Gasteiger partial charge is 0.328 e. The van der Waals surface area contributed by atoms with Crippen molar-refractivity contribution in [2.75, 3.05) is 0 Å². The molecule has 0 saturated carbocycles. The number of fused-ring (bicyclic) bond motifs is 1. The average Bonchev–Trinajstić information content (AvgIpc) is 2.96. The van der Waals surface area contributed by atoms with E-state index in [1.54, 1.807) is 24.3 Å². The van der Waals surface area contributed by atoms with Crippen molar-refractivity contribution in [3.05, 3.63) is 77.5 Å². The normalized spacial score (nSPS) is 11.1. The number of hydrogen-bond donors (Lipinski definition) is 2. The third-order valence-corrected chi connectivity index (χ3v) is 3.37. The Balaban J connectivity index is 1.87. The zero-order valence-corrected chi connectivity index (χ0v) is 11.6. The van der Waals surface area contributed by atoms with E-state index in [1.165, 1.54) is 6.08 Å². The first-order valence-electron chi connectivity index (χ1n) is 6.77. The van der Waals surface area contributed by atoms with E-state index in [-0.39, 0.29) is 5.78 Å². The molecule has 108 valence electrons. The van der Waals surface area contributed by atoms with Crippen molar-refractivity contribution in [3.63, 3.8) is 0 Å². The first kappa shape index (κ1) is 13.8. The Bertz CT molecular complexity index is 840. The molecule has 0 unspecified atom stereocenters. The first-order chi connectivity index (χ1) is 10.6. The van der Waals surface area contributed by atoms with Gasteiger partial charge in [0.05, 0.1) is 5.69 Å². The SMILES string of the molecule is O=C(O)/C=C/c1ccc(C(=O)c2cc3ccccc3[nH]2)cc1. The van der Waals surface area contributed by atoms with Gasteiger partial charge in [0.1, 0.15) is 0 Å². The minimum absolute atomic E-state index is 0.0926. The number of para-hydroxylation sites is 1. The number of carboxylic acid groups (broad SMARTS) is 1. The van der Waals surface area contributed by atoms with Gasteiger partial charge in [-0.25, -0.2) is 4.79 Å². The number of ketones is 1. The molecule has 4 heteroatoms. The van der Waals surface area contributed by atoms with Crippen LogP contribution in [0.15, 0.2) is 60.7 Å². The molecule has 0 atom stereocenters. The van der Waals surface area contributed by atoms with E-state index >= 15 is 0 Å². The molecule has 4 nitrogen and oxygen atoms in total. The van der Waals surface area contributed by atoms with Crippen LogP contribution in [0.4, 0.5) is 0 Å². The van der Waals surface area contributed by atoms with Crippen molar-refractivity contribution < 1.29 is 14.7 Å². The van der Waals surface area contributed by atoms with E-state index in [9.17, 15) is 9.59 Å². The monoisotopic (exact) mass is 291 g/mol. The summed E-state index contributed by atoms with van der Waals surface area (Å²) in [4.78, 5) is 26.0. The largest absolute Gasteiger partial charge is 0.478 e. The van der Waals surface area contributed by atoms with Gasteiger partial charge in [-0.1, -0.05) is 42.5 Å². The highest BCUT2D eigenvalue weighted by Gasteiger charge is 2.11. The molecule has 0 aliphatic rings. The Morgan fingerprint density at radius 2 is 1.73 bits per heavy atom. The lowest BCUT2D eigenvalue weighted by atomic mass is 10.1. The van der Waals surface area contributed by atoms with Crippen LogP contribution in [0.2, 0.25) is 0 Å². The molecule has 0 bridgehead atoms. The fraction of sp³-hybridized carbons (Fsp3) is 0. The van der Waals surface area contributed by atoms with Gasteiger partial charge in [-0.05, 0) is 23.8 Å². The van der Waals surface area contributed by atoms with Crippen LogP contribution in [0.1, 0.15) is 21.6 Å². The summed E-state index contributed by atoms with van der Waals surface area (Å²) in [5, 5.41) is 9.58.